The molecule has 4 heteroatoms. The van der Waals surface area contributed by atoms with Gasteiger partial charge < -0.3 is 4.90 Å². The first-order valence-electron chi connectivity index (χ1n) is 4.18. The van der Waals surface area contributed by atoms with Gasteiger partial charge in [-0.05, 0) is 19.8 Å². The van der Waals surface area contributed by atoms with Crippen LogP contribution in [0, 0.1) is 0 Å². The lowest BCUT2D eigenvalue weighted by Gasteiger charge is -2.29. The maximum atomic E-state index is 12.8. The van der Waals surface area contributed by atoms with E-state index >= 15 is 0 Å². The second kappa shape index (κ2) is 4.08. The van der Waals surface area contributed by atoms with Crippen molar-refractivity contribution in [2.75, 3.05) is 13.1 Å². The molecule has 70 valence electrons. The highest BCUT2D eigenvalue weighted by Crippen LogP contribution is 2.14. The van der Waals surface area contributed by atoms with Gasteiger partial charge in [0, 0.05) is 6.54 Å². The fraction of sp³-hybridized carbons (Fsp3) is 0.875. The van der Waals surface area contributed by atoms with E-state index in [0.717, 1.165) is 6.42 Å². The molecular weight excluding hydrogens is 181 g/mol. The fourth-order valence-corrected chi connectivity index (χ4v) is 1.52. The summed E-state index contributed by atoms with van der Waals surface area (Å²) in [5, 5.41) is -0.532. The van der Waals surface area contributed by atoms with Gasteiger partial charge in [-0.3, -0.25) is 4.79 Å². The number of carbonyl (C=O) groups excluding carboxylic acids is 1. The van der Waals surface area contributed by atoms with E-state index in [-0.39, 0.29) is 12.5 Å². The molecule has 0 aromatic rings. The van der Waals surface area contributed by atoms with Gasteiger partial charge in [0.25, 0.3) is 0 Å². The number of nitrogens with zero attached hydrogens (tertiary/aromatic N) is 1. The van der Waals surface area contributed by atoms with Crippen LogP contribution in [-0.4, -0.2) is 35.4 Å². The number of hydrogen-bond acceptors (Lipinski definition) is 1. The molecule has 1 saturated heterocycles. The van der Waals surface area contributed by atoms with Crippen molar-refractivity contribution >= 4 is 17.5 Å². The predicted molar refractivity (Wildman–Crippen MR) is 46.0 cm³/mol. The third-order valence-corrected chi connectivity index (χ3v) is 2.20. The zero-order valence-corrected chi connectivity index (χ0v) is 7.85. The number of alkyl halides is 2. The Hall–Kier alpha value is -0.310. The van der Waals surface area contributed by atoms with E-state index in [9.17, 15) is 9.18 Å². The summed E-state index contributed by atoms with van der Waals surface area (Å²) in [5.41, 5.74) is 0. The minimum Gasteiger partial charge on any atom is -0.339 e. The van der Waals surface area contributed by atoms with Crippen molar-refractivity contribution in [1.29, 1.82) is 0 Å². The Morgan fingerprint density at radius 3 is 2.92 bits per heavy atom. The lowest BCUT2D eigenvalue weighted by Crippen LogP contribution is -2.43. The molecule has 0 unspecified atom stereocenters. The maximum Gasteiger partial charge on any atom is 0.240 e. The van der Waals surface area contributed by atoms with Gasteiger partial charge in [-0.2, -0.15) is 0 Å². The van der Waals surface area contributed by atoms with Crippen LogP contribution in [-0.2, 0) is 4.79 Å². The molecule has 2 atom stereocenters. The van der Waals surface area contributed by atoms with Crippen molar-refractivity contribution in [1.82, 2.24) is 4.90 Å². The lowest BCUT2D eigenvalue weighted by atomic mass is 10.1. The summed E-state index contributed by atoms with van der Waals surface area (Å²) in [6.45, 7) is 2.48. The van der Waals surface area contributed by atoms with E-state index < -0.39 is 11.5 Å². The molecule has 0 bridgehead atoms. The Morgan fingerprint density at radius 2 is 2.42 bits per heavy atom. The van der Waals surface area contributed by atoms with Crippen molar-refractivity contribution in [3.8, 4) is 0 Å². The normalized spacial score (nSPS) is 26.9. The van der Waals surface area contributed by atoms with Crippen molar-refractivity contribution in [2.24, 2.45) is 0 Å². The molecule has 1 amide bonds. The van der Waals surface area contributed by atoms with Gasteiger partial charge in [0.15, 0.2) is 0 Å². The van der Waals surface area contributed by atoms with Gasteiger partial charge in [-0.1, -0.05) is 0 Å². The summed E-state index contributed by atoms with van der Waals surface area (Å²) in [4.78, 5) is 12.8. The van der Waals surface area contributed by atoms with Crippen molar-refractivity contribution < 1.29 is 9.18 Å². The van der Waals surface area contributed by atoms with E-state index in [1.807, 2.05) is 0 Å². The minimum absolute atomic E-state index is 0.154. The van der Waals surface area contributed by atoms with Crippen LogP contribution in [0.5, 0.6) is 0 Å². The molecule has 1 heterocycles. The number of halogens is 2. The highest BCUT2D eigenvalue weighted by molar-refractivity contribution is 6.30. The van der Waals surface area contributed by atoms with E-state index in [1.165, 1.54) is 4.90 Å². The second-order valence-electron chi connectivity index (χ2n) is 3.14. The second-order valence-corrected chi connectivity index (χ2v) is 3.79. The quantitative estimate of drug-likeness (QED) is 0.579. The zero-order valence-electron chi connectivity index (χ0n) is 7.09. The third kappa shape index (κ3) is 2.34. The molecule has 1 rings (SSSR count). The van der Waals surface area contributed by atoms with E-state index in [2.05, 4.69) is 0 Å². The van der Waals surface area contributed by atoms with Crippen LogP contribution in [0.3, 0.4) is 0 Å². The largest absolute Gasteiger partial charge is 0.339 e. The first-order chi connectivity index (χ1) is 5.61. The Kier molecular flexibility index (Phi) is 3.32. The van der Waals surface area contributed by atoms with Crippen LogP contribution in [0.25, 0.3) is 0 Å². The Bertz CT molecular complexity index is 174. The molecule has 0 aromatic heterocycles. The van der Waals surface area contributed by atoms with E-state index in [0.29, 0.717) is 13.0 Å². The van der Waals surface area contributed by atoms with Gasteiger partial charge >= 0.3 is 0 Å². The van der Waals surface area contributed by atoms with E-state index in [1.54, 1.807) is 6.92 Å². The van der Waals surface area contributed by atoms with E-state index in [4.69, 9.17) is 11.6 Å². The molecule has 0 radical (unpaired) electrons. The van der Waals surface area contributed by atoms with Crippen LogP contribution < -0.4 is 0 Å². The molecule has 0 aliphatic carbocycles. The summed E-state index contributed by atoms with van der Waals surface area (Å²) >= 11 is 5.60. The average Bonchev–Trinajstić information content (AvgIpc) is 2.03. The van der Waals surface area contributed by atoms with Gasteiger partial charge in [-0.25, -0.2) is 4.39 Å². The summed E-state index contributed by atoms with van der Waals surface area (Å²) in [6, 6.07) is 0. The summed E-state index contributed by atoms with van der Waals surface area (Å²) in [7, 11) is 0. The van der Waals surface area contributed by atoms with Crippen molar-refractivity contribution in [3.63, 3.8) is 0 Å². The fourth-order valence-electron chi connectivity index (χ4n) is 1.38. The lowest BCUT2D eigenvalue weighted by molar-refractivity contribution is -0.132. The Balaban J connectivity index is 2.46. The minimum atomic E-state index is -0.863. The van der Waals surface area contributed by atoms with Gasteiger partial charge in [0.1, 0.15) is 11.5 Å². The first-order valence-corrected chi connectivity index (χ1v) is 4.62. The van der Waals surface area contributed by atoms with Gasteiger partial charge in [-0.15, -0.1) is 11.6 Å². The summed E-state index contributed by atoms with van der Waals surface area (Å²) in [5.74, 6) is -0.154. The molecular formula is C8H13ClFNO. The molecule has 0 aromatic carbocycles. The molecule has 0 N–H and O–H groups in total. The highest BCUT2D eigenvalue weighted by atomic mass is 35.5. The predicted octanol–water partition coefficient (Wildman–Crippen LogP) is 1.57. The smallest absolute Gasteiger partial charge is 0.240 e. The van der Waals surface area contributed by atoms with Gasteiger partial charge in [0.05, 0.1) is 6.54 Å². The highest BCUT2D eigenvalue weighted by Gasteiger charge is 2.25. The van der Waals surface area contributed by atoms with Crippen molar-refractivity contribution in [2.45, 2.75) is 31.3 Å². The topological polar surface area (TPSA) is 20.3 Å². The number of piperidine rings is 1. The SMILES string of the molecule is C[C@H](Cl)C(=O)N1CCC[C@@H](F)C1. The maximum absolute atomic E-state index is 12.8. The third-order valence-electron chi connectivity index (χ3n) is 2.02. The van der Waals surface area contributed by atoms with Crippen LogP contribution in [0.2, 0.25) is 0 Å². The number of hydrogen-bond donors (Lipinski definition) is 0. The summed E-state index contributed by atoms with van der Waals surface area (Å²) in [6.07, 6.45) is 0.454. The molecule has 0 spiro atoms. The molecule has 2 nitrogen and oxygen atoms in total. The Labute approximate surface area is 76.7 Å². The standard InChI is InChI=1S/C8H13ClFNO/c1-6(9)8(12)11-4-2-3-7(10)5-11/h6-7H,2-5H2,1H3/t6-,7+/m0/s1. The Morgan fingerprint density at radius 1 is 1.75 bits per heavy atom. The first kappa shape index (κ1) is 9.78. The summed E-state index contributed by atoms with van der Waals surface area (Å²) < 4.78 is 12.8. The number of amides is 1. The molecule has 1 aliphatic rings. The molecule has 0 saturated carbocycles. The number of carbonyl (C=O) groups is 1. The molecule has 1 aliphatic heterocycles. The number of rotatable bonds is 1. The van der Waals surface area contributed by atoms with Crippen LogP contribution in [0.4, 0.5) is 4.39 Å². The monoisotopic (exact) mass is 193 g/mol. The van der Waals surface area contributed by atoms with Crippen molar-refractivity contribution in [3.05, 3.63) is 0 Å². The molecule has 12 heavy (non-hydrogen) atoms. The average molecular weight is 194 g/mol. The molecule has 1 fully saturated rings. The zero-order chi connectivity index (χ0) is 9.14. The van der Waals surface area contributed by atoms with Crippen LogP contribution >= 0.6 is 11.6 Å². The number of likely N-dealkylation sites (tertiary alicyclic amines) is 1. The van der Waals surface area contributed by atoms with Crippen LogP contribution in [0.15, 0.2) is 0 Å². The van der Waals surface area contributed by atoms with Crippen LogP contribution in [0.1, 0.15) is 19.8 Å². The van der Waals surface area contributed by atoms with Gasteiger partial charge in [0.2, 0.25) is 5.91 Å².